The lowest BCUT2D eigenvalue weighted by atomic mass is 10.0. The number of benzene rings is 2. The van der Waals surface area contributed by atoms with Gasteiger partial charge in [0.05, 0.1) is 0 Å². The third kappa shape index (κ3) is 3.23. The van der Waals surface area contributed by atoms with Gasteiger partial charge in [-0.3, -0.25) is 9.59 Å². The fraction of sp³-hybridized carbons (Fsp3) is 0.286. The molecule has 0 bridgehead atoms. The Morgan fingerprint density at radius 3 is 2.59 bits per heavy atom. The predicted octanol–water partition coefficient (Wildman–Crippen LogP) is 3.82. The van der Waals surface area contributed by atoms with E-state index in [1.54, 1.807) is 0 Å². The maximum absolute atomic E-state index is 12.9. The molecule has 138 valence electrons. The molecular weight excluding hydrogens is 349 g/mol. The van der Waals surface area contributed by atoms with Crippen molar-refractivity contribution >= 4 is 17.8 Å². The second-order valence-corrected chi connectivity index (χ2v) is 6.82. The van der Waals surface area contributed by atoms with E-state index >= 15 is 0 Å². The van der Waals surface area contributed by atoms with Crippen molar-refractivity contribution in [1.29, 1.82) is 0 Å². The van der Waals surface area contributed by atoms with Crippen LogP contribution in [0, 0.1) is 5.82 Å². The first-order chi connectivity index (χ1) is 13.0. The van der Waals surface area contributed by atoms with Gasteiger partial charge in [-0.25, -0.2) is 14.1 Å². The first-order valence-electron chi connectivity index (χ1n) is 8.94. The number of ketones is 1. The van der Waals surface area contributed by atoms with Crippen LogP contribution in [0.15, 0.2) is 48.5 Å². The summed E-state index contributed by atoms with van der Waals surface area (Å²) in [5, 5.41) is 0. The van der Waals surface area contributed by atoms with Crippen LogP contribution in [0.3, 0.4) is 0 Å². The Hall–Kier alpha value is -3.02. The summed E-state index contributed by atoms with van der Waals surface area (Å²) in [6.07, 6.45) is 0.212. The highest BCUT2D eigenvalue weighted by Gasteiger charge is 2.49. The normalized spacial score (nSPS) is 20.2. The number of rotatable bonds is 5. The topological polar surface area (TPSA) is 63.7 Å². The van der Waals surface area contributed by atoms with Gasteiger partial charge in [-0.2, -0.15) is 0 Å². The van der Waals surface area contributed by atoms with E-state index in [2.05, 4.69) is 0 Å². The zero-order chi connectivity index (χ0) is 19.0. The number of fused-ring (bicyclic) bond motifs is 3. The van der Waals surface area contributed by atoms with Crippen molar-refractivity contribution in [1.82, 2.24) is 4.90 Å². The van der Waals surface area contributed by atoms with Crippen molar-refractivity contribution in [3.63, 3.8) is 0 Å². The average Bonchev–Trinajstić information content (AvgIpc) is 3.16. The van der Waals surface area contributed by atoms with Crippen LogP contribution in [0.5, 0.6) is 0 Å². The monoisotopic (exact) mass is 367 g/mol. The van der Waals surface area contributed by atoms with E-state index in [1.807, 2.05) is 24.3 Å². The SMILES string of the molecule is O=C(CCCC(=O)N1C(=O)O[C@@H]2Cc3ccccc3[C@H]21)c1ccc(F)cc1. The van der Waals surface area contributed by atoms with Crippen molar-refractivity contribution in [3.05, 3.63) is 71.0 Å². The number of nitrogens with zero attached hydrogens (tertiary/aromatic N) is 1. The van der Waals surface area contributed by atoms with Crippen molar-refractivity contribution in [2.75, 3.05) is 0 Å². The van der Waals surface area contributed by atoms with E-state index in [9.17, 15) is 18.8 Å². The van der Waals surface area contributed by atoms with E-state index in [0.29, 0.717) is 18.4 Å². The summed E-state index contributed by atoms with van der Waals surface area (Å²) in [6, 6.07) is 12.6. The van der Waals surface area contributed by atoms with Crippen LogP contribution in [-0.4, -0.2) is 28.8 Å². The minimum atomic E-state index is -0.616. The zero-order valence-corrected chi connectivity index (χ0v) is 14.6. The van der Waals surface area contributed by atoms with Gasteiger partial charge in [-0.1, -0.05) is 24.3 Å². The molecular formula is C21H18FNO4. The fourth-order valence-electron chi connectivity index (χ4n) is 3.81. The summed E-state index contributed by atoms with van der Waals surface area (Å²) in [5.41, 5.74) is 2.45. The Kier molecular flexibility index (Phi) is 4.48. The van der Waals surface area contributed by atoms with E-state index in [1.165, 1.54) is 29.2 Å². The molecule has 1 aliphatic carbocycles. The summed E-state index contributed by atoms with van der Waals surface area (Å²) in [4.78, 5) is 38.1. The number of amides is 2. The Balaban J connectivity index is 1.39. The molecule has 2 aromatic carbocycles. The molecule has 1 heterocycles. The van der Waals surface area contributed by atoms with Crippen molar-refractivity contribution in [3.8, 4) is 0 Å². The molecule has 0 saturated carbocycles. The van der Waals surface area contributed by atoms with Crippen molar-refractivity contribution in [2.24, 2.45) is 0 Å². The molecule has 4 rings (SSSR count). The highest BCUT2D eigenvalue weighted by molar-refractivity contribution is 5.97. The van der Waals surface area contributed by atoms with Crippen LogP contribution in [0.2, 0.25) is 0 Å². The van der Waals surface area contributed by atoms with Crippen LogP contribution in [-0.2, 0) is 16.0 Å². The number of halogens is 1. The molecule has 1 aliphatic heterocycles. The number of hydrogen-bond donors (Lipinski definition) is 0. The quantitative estimate of drug-likeness (QED) is 0.754. The lowest BCUT2D eigenvalue weighted by molar-refractivity contribution is -0.129. The number of carbonyl (C=O) groups excluding carboxylic acids is 3. The Morgan fingerprint density at radius 2 is 1.81 bits per heavy atom. The summed E-state index contributed by atoms with van der Waals surface area (Å²) < 4.78 is 18.3. The molecule has 0 spiro atoms. The largest absolute Gasteiger partial charge is 0.443 e. The van der Waals surface area contributed by atoms with Gasteiger partial charge in [-0.15, -0.1) is 0 Å². The van der Waals surface area contributed by atoms with Crippen LogP contribution in [0.4, 0.5) is 9.18 Å². The van der Waals surface area contributed by atoms with Gasteiger partial charge >= 0.3 is 6.09 Å². The molecule has 0 unspecified atom stereocenters. The Morgan fingerprint density at radius 1 is 1.07 bits per heavy atom. The van der Waals surface area contributed by atoms with E-state index in [4.69, 9.17) is 4.74 Å². The maximum Gasteiger partial charge on any atom is 0.417 e. The first-order valence-corrected chi connectivity index (χ1v) is 8.94. The van der Waals surface area contributed by atoms with Crippen LogP contribution >= 0.6 is 0 Å². The van der Waals surface area contributed by atoms with Gasteiger partial charge in [0.1, 0.15) is 18.0 Å². The lowest BCUT2D eigenvalue weighted by Crippen LogP contribution is -2.34. The second-order valence-electron chi connectivity index (χ2n) is 6.82. The standard InChI is InChI=1S/C21H18FNO4/c22-15-10-8-13(9-11-15)17(24)6-3-7-19(25)23-20-16-5-2-1-4-14(16)12-18(20)27-21(23)26/h1-2,4-5,8-11,18,20H,3,6-7,12H2/t18-,20-/m1/s1. The summed E-state index contributed by atoms with van der Waals surface area (Å²) >= 11 is 0. The Labute approximate surface area is 155 Å². The molecule has 6 heteroatoms. The number of ether oxygens (including phenoxy) is 1. The van der Waals surface area contributed by atoms with E-state index in [0.717, 1.165) is 11.1 Å². The van der Waals surface area contributed by atoms with Crippen LogP contribution in [0.1, 0.15) is 46.8 Å². The number of hydrogen-bond acceptors (Lipinski definition) is 4. The average molecular weight is 367 g/mol. The van der Waals surface area contributed by atoms with Gasteiger partial charge in [0.25, 0.3) is 0 Å². The molecule has 2 atom stereocenters. The molecule has 1 fully saturated rings. The van der Waals surface area contributed by atoms with Crippen LogP contribution < -0.4 is 0 Å². The first kappa shape index (κ1) is 17.4. The van der Waals surface area contributed by atoms with Crippen LogP contribution in [0.25, 0.3) is 0 Å². The third-order valence-electron chi connectivity index (χ3n) is 5.10. The maximum atomic E-state index is 12.9. The number of imide groups is 1. The van der Waals surface area contributed by atoms with Crippen molar-refractivity contribution in [2.45, 2.75) is 37.8 Å². The van der Waals surface area contributed by atoms with Gasteiger partial charge in [0, 0.05) is 24.8 Å². The predicted molar refractivity (Wildman–Crippen MR) is 94.6 cm³/mol. The van der Waals surface area contributed by atoms with Gasteiger partial charge in [-0.05, 0) is 41.8 Å². The van der Waals surface area contributed by atoms with Crippen molar-refractivity contribution < 1.29 is 23.5 Å². The minimum absolute atomic E-state index is 0.0768. The summed E-state index contributed by atoms with van der Waals surface area (Å²) in [7, 11) is 0. The molecule has 27 heavy (non-hydrogen) atoms. The smallest absolute Gasteiger partial charge is 0.417 e. The fourth-order valence-corrected chi connectivity index (χ4v) is 3.81. The summed E-state index contributed by atoms with van der Waals surface area (Å²) in [5.74, 6) is -0.896. The highest BCUT2D eigenvalue weighted by Crippen LogP contribution is 2.42. The molecule has 1 saturated heterocycles. The molecule has 0 aromatic heterocycles. The molecule has 5 nitrogen and oxygen atoms in total. The van der Waals surface area contributed by atoms with Gasteiger partial charge < -0.3 is 4.74 Å². The highest BCUT2D eigenvalue weighted by atomic mass is 19.1. The molecule has 2 aromatic rings. The Bertz CT molecular complexity index is 909. The molecule has 0 radical (unpaired) electrons. The van der Waals surface area contributed by atoms with Gasteiger partial charge in [0.2, 0.25) is 5.91 Å². The van der Waals surface area contributed by atoms with E-state index in [-0.39, 0.29) is 36.7 Å². The lowest BCUT2D eigenvalue weighted by Gasteiger charge is -2.19. The number of Topliss-reactive ketones (excluding diaryl/α,β-unsaturated/α-hetero) is 1. The van der Waals surface area contributed by atoms with E-state index < -0.39 is 11.9 Å². The third-order valence-corrected chi connectivity index (χ3v) is 5.10. The second kappa shape index (κ2) is 6.95. The molecule has 2 amide bonds. The minimum Gasteiger partial charge on any atom is -0.443 e. The summed E-state index contributed by atoms with van der Waals surface area (Å²) in [6.45, 7) is 0. The molecule has 2 aliphatic rings. The zero-order valence-electron chi connectivity index (χ0n) is 14.6. The van der Waals surface area contributed by atoms with Gasteiger partial charge in [0.15, 0.2) is 5.78 Å². The molecule has 0 N–H and O–H groups in total. The number of carbonyl (C=O) groups is 3.